The van der Waals surface area contributed by atoms with E-state index in [0.717, 1.165) is 12.0 Å². The number of rotatable bonds is 5. The molecule has 0 unspecified atom stereocenters. The number of nitrogens with zero attached hydrogens (tertiary/aromatic N) is 1. The van der Waals surface area contributed by atoms with E-state index >= 15 is 0 Å². The van der Waals surface area contributed by atoms with Gasteiger partial charge >= 0.3 is 18.0 Å². The average molecular weight is 658 g/mol. The zero-order valence-electron chi connectivity index (χ0n) is 25.7. The fourth-order valence-electron chi connectivity index (χ4n) is 4.46. The van der Waals surface area contributed by atoms with Crippen molar-refractivity contribution in [3.8, 4) is 5.75 Å². The highest BCUT2D eigenvalue weighted by atomic mass is 32.2. The van der Waals surface area contributed by atoms with Crippen molar-refractivity contribution >= 4 is 61.5 Å². The molecule has 0 aromatic heterocycles. The summed E-state index contributed by atoms with van der Waals surface area (Å²) < 4.78 is 17.0. The van der Waals surface area contributed by atoms with Gasteiger partial charge in [0.1, 0.15) is 24.4 Å². The van der Waals surface area contributed by atoms with E-state index in [9.17, 15) is 33.9 Å². The minimum atomic E-state index is -2.59. The fraction of sp³-hybridized carbons (Fsp3) is 0.400. The molecule has 2 aromatic rings. The molecule has 0 radical (unpaired) electrons. The van der Waals surface area contributed by atoms with Crippen molar-refractivity contribution in [2.45, 2.75) is 56.7 Å². The summed E-state index contributed by atoms with van der Waals surface area (Å²) in [5.74, 6) is -3.36. The van der Waals surface area contributed by atoms with Gasteiger partial charge < -0.3 is 29.6 Å². The van der Waals surface area contributed by atoms with Gasteiger partial charge in [0, 0.05) is 23.1 Å². The van der Waals surface area contributed by atoms with Crippen molar-refractivity contribution in [2.24, 2.45) is 0 Å². The molecule has 2 aromatic carbocycles. The van der Waals surface area contributed by atoms with Crippen LogP contribution in [-0.2, 0) is 24.8 Å². The van der Waals surface area contributed by atoms with E-state index in [1.807, 2.05) is 39.2 Å². The Hall–Kier alpha value is -4.37. The maximum atomic E-state index is 13.7. The molecule has 4 amide bonds. The molecule has 4 rings (SSSR count). The molecule has 0 saturated carbocycles. The number of benzene rings is 2. The SMILES string of the molecule is COC(=O)[C@@H]1CSCc2c(O[Si](C)(C)C(C)(C)C)cc(N3C(=O)c4ccccc4C3=O)cc2C(=O)OC[C@H](NC(=O)O)C(=O)N1. The van der Waals surface area contributed by atoms with Crippen molar-refractivity contribution in [3.63, 3.8) is 0 Å². The first-order chi connectivity index (χ1) is 21.1. The summed E-state index contributed by atoms with van der Waals surface area (Å²) in [7, 11) is -1.43. The Bertz CT molecular complexity index is 1540. The normalized spacial score (nSPS) is 19.3. The smallest absolute Gasteiger partial charge is 0.405 e. The molecule has 2 heterocycles. The van der Waals surface area contributed by atoms with Gasteiger partial charge in [-0.25, -0.2) is 19.3 Å². The van der Waals surface area contributed by atoms with E-state index < -0.39 is 62.8 Å². The first kappa shape index (κ1) is 33.5. The van der Waals surface area contributed by atoms with Crippen LogP contribution < -0.4 is 20.0 Å². The second kappa shape index (κ2) is 12.9. The average Bonchev–Trinajstić information content (AvgIpc) is 3.22. The van der Waals surface area contributed by atoms with E-state index in [4.69, 9.17) is 13.9 Å². The first-order valence-electron chi connectivity index (χ1n) is 14.0. The number of anilines is 1. The summed E-state index contributed by atoms with van der Waals surface area (Å²) >= 11 is 1.19. The molecule has 0 saturated heterocycles. The zero-order valence-corrected chi connectivity index (χ0v) is 27.5. The number of carbonyl (C=O) groups excluding carboxylic acids is 5. The highest BCUT2D eigenvalue weighted by molar-refractivity contribution is 7.98. The highest BCUT2D eigenvalue weighted by Gasteiger charge is 2.42. The monoisotopic (exact) mass is 657 g/mol. The van der Waals surface area contributed by atoms with Crippen LogP contribution in [0, 0.1) is 0 Å². The standard InChI is InChI=1S/C30H35N3O10SSi/c1-30(2,3)45(5,6)43-23-12-16(33-25(35)17-9-7-8-10-18(17)26(33)36)11-19-20(23)14-44-15-22(28(38)41-4)31-24(34)21(32-29(39)40)13-42-27(19)37/h7-12,21-22,32H,13-15H2,1-6H3,(H,31,34)(H,39,40)/t21-,22-/m0/s1. The molecular weight excluding hydrogens is 622 g/mol. The molecule has 3 N–H and O–H groups in total. The molecule has 0 bridgehead atoms. The number of cyclic esters (lactones) is 1. The number of imide groups is 1. The van der Waals surface area contributed by atoms with Crippen molar-refractivity contribution in [1.82, 2.24) is 10.6 Å². The van der Waals surface area contributed by atoms with Crippen molar-refractivity contribution in [3.05, 3.63) is 58.7 Å². The molecule has 45 heavy (non-hydrogen) atoms. The second-order valence-corrected chi connectivity index (χ2v) is 17.8. The first-order valence-corrected chi connectivity index (χ1v) is 18.1. The molecule has 2 aliphatic heterocycles. The van der Waals surface area contributed by atoms with Gasteiger partial charge in [-0.1, -0.05) is 32.9 Å². The summed E-state index contributed by atoms with van der Waals surface area (Å²) in [6.07, 6.45) is -1.55. The Balaban J connectivity index is 1.88. The second-order valence-electron chi connectivity index (χ2n) is 12.0. The lowest BCUT2D eigenvalue weighted by Gasteiger charge is -2.37. The third-order valence-electron chi connectivity index (χ3n) is 7.97. The summed E-state index contributed by atoms with van der Waals surface area (Å²) in [6.45, 7) is 9.37. The lowest BCUT2D eigenvalue weighted by Crippen LogP contribution is -2.54. The van der Waals surface area contributed by atoms with Gasteiger partial charge in [-0.15, -0.1) is 0 Å². The number of carbonyl (C=O) groups is 6. The Labute approximate surface area is 265 Å². The number of ether oxygens (including phenoxy) is 2. The van der Waals surface area contributed by atoms with Crippen LogP contribution in [0.15, 0.2) is 36.4 Å². The summed E-state index contributed by atoms with van der Waals surface area (Å²) in [4.78, 5) is 78.4. The van der Waals surface area contributed by atoms with E-state index in [2.05, 4.69) is 5.32 Å². The number of esters is 2. The number of amides is 4. The molecule has 13 nitrogen and oxygen atoms in total. The van der Waals surface area contributed by atoms with Crippen LogP contribution in [0.5, 0.6) is 5.75 Å². The minimum Gasteiger partial charge on any atom is -0.543 e. The number of fused-ring (bicyclic) bond motifs is 2. The van der Waals surface area contributed by atoms with Crippen LogP contribution in [-0.4, -0.2) is 80.7 Å². The van der Waals surface area contributed by atoms with Crippen molar-refractivity contribution in [1.29, 1.82) is 0 Å². The number of methoxy groups -OCH3 is 1. The molecule has 0 spiro atoms. The summed E-state index contributed by atoms with van der Waals surface area (Å²) in [6, 6.07) is 6.56. The Morgan fingerprint density at radius 2 is 1.69 bits per heavy atom. The number of nitrogens with one attached hydrogen (secondary N) is 2. The van der Waals surface area contributed by atoms with Gasteiger partial charge in [0.25, 0.3) is 11.8 Å². The number of carboxylic acid groups (broad SMARTS) is 1. The zero-order chi connectivity index (χ0) is 33.3. The van der Waals surface area contributed by atoms with Gasteiger partial charge in [0.15, 0.2) is 0 Å². The van der Waals surface area contributed by atoms with E-state index in [0.29, 0.717) is 5.56 Å². The molecule has 0 aliphatic carbocycles. The molecule has 2 aliphatic rings. The van der Waals surface area contributed by atoms with Gasteiger partial charge in [-0.05, 0) is 36.3 Å². The lowest BCUT2D eigenvalue weighted by molar-refractivity contribution is -0.144. The van der Waals surface area contributed by atoms with Gasteiger partial charge in [0.2, 0.25) is 14.2 Å². The van der Waals surface area contributed by atoms with Crippen molar-refractivity contribution in [2.75, 3.05) is 24.4 Å². The highest BCUT2D eigenvalue weighted by Crippen LogP contribution is 2.42. The summed E-state index contributed by atoms with van der Waals surface area (Å²) in [5, 5.41) is 13.5. The predicted octanol–water partition coefficient (Wildman–Crippen LogP) is 3.57. The Morgan fingerprint density at radius 3 is 2.24 bits per heavy atom. The van der Waals surface area contributed by atoms with Crippen LogP contribution in [0.25, 0.3) is 0 Å². The van der Waals surface area contributed by atoms with Crippen LogP contribution >= 0.6 is 11.8 Å². The molecule has 15 heteroatoms. The largest absolute Gasteiger partial charge is 0.543 e. The maximum Gasteiger partial charge on any atom is 0.405 e. The summed E-state index contributed by atoms with van der Waals surface area (Å²) in [5.41, 5.74) is 0.835. The van der Waals surface area contributed by atoms with E-state index in [-0.39, 0.29) is 44.7 Å². The quantitative estimate of drug-likeness (QED) is 0.243. The van der Waals surface area contributed by atoms with Gasteiger partial charge in [-0.3, -0.25) is 14.4 Å². The van der Waals surface area contributed by atoms with Crippen LogP contribution in [0.2, 0.25) is 18.1 Å². The number of hydrogen-bond donors (Lipinski definition) is 3. The third-order valence-corrected chi connectivity index (χ3v) is 13.4. The van der Waals surface area contributed by atoms with Crippen LogP contribution in [0.1, 0.15) is 57.4 Å². The van der Waals surface area contributed by atoms with Gasteiger partial charge in [-0.2, -0.15) is 11.8 Å². The van der Waals surface area contributed by atoms with E-state index in [1.165, 1.54) is 17.8 Å². The van der Waals surface area contributed by atoms with Crippen LogP contribution in [0.3, 0.4) is 0 Å². The third kappa shape index (κ3) is 6.98. The lowest BCUT2D eigenvalue weighted by atomic mass is 10.1. The Morgan fingerprint density at radius 1 is 1.07 bits per heavy atom. The topological polar surface area (TPSA) is 178 Å². The minimum absolute atomic E-state index is 0.00633. The number of thioether (sulfide) groups is 1. The fourth-order valence-corrected chi connectivity index (χ4v) is 6.58. The molecule has 2 atom stereocenters. The molecular formula is C30H35N3O10SSi. The van der Waals surface area contributed by atoms with Crippen molar-refractivity contribution < 1.29 is 47.8 Å². The molecule has 240 valence electrons. The Kier molecular flexibility index (Phi) is 9.63. The maximum absolute atomic E-state index is 13.7. The predicted molar refractivity (Wildman–Crippen MR) is 167 cm³/mol. The molecule has 0 fully saturated rings. The number of hydrogen-bond acceptors (Lipinski definition) is 10. The van der Waals surface area contributed by atoms with Gasteiger partial charge in [0.05, 0.1) is 29.5 Å². The van der Waals surface area contributed by atoms with Crippen LogP contribution in [0.4, 0.5) is 10.5 Å². The van der Waals surface area contributed by atoms with E-state index in [1.54, 1.807) is 30.3 Å².